The van der Waals surface area contributed by atoms with Crippen molar-refractivity contribution in [2.24, 2.45) is 11.5 Å². The Morgan fingerprint density at radius 3 is 2.80 bits per heavy atom. The molecule has 0 bridgehead atoms. The maximum atomic E-state index is 10.7. The third-order valence-electron chi connectivity index (χ3n) is 0.562. The molecule has 5 N–H and O–H groups in total. The van der Waals surface area contributed by atoms with Crippen molar-refractivity contribution in [3.8, 4) is 0 Å². The lowest BCUT2D eigenvalue weighted by Gasteiger charge is -2.03. The number of rotatable bonds is 5. The van der Waals surface area contributed by atoms with Crippen LogP contribution in [0.15, 0.2) is 0 Å². The van der Waals surface area contributed by atoms with E-state index in [9.17, 15) is 4.79 Å². The van der Waals surface area contributed by atoms with Crippen molar-refractivity contribution in [2.45, 2.75) is 25.1 Å². The van der Waals surface area contributed by atoms with Crippen LogP contribution in [0.5, 0.6) is 0 Å². The van der Waals surface area contributed by atoms with Crippen LogP contribution in [0, 0.1) is 0 Å². The first-order chi connectivity index (χ1) is 7.94. The third kappa shape index (κ3) is 4.29. The Labute approximate surface area is 72.8 Å². The van der Waals surface area contributed by atoms with Gasteiger partial charge in [-0.15, -0.1) is 0 Å². The summed E-state index contributed by atoms with van der Waals surface area (Å²) in [5.74, 6) is -2.23. The molecule has 4 nitrogen and oxygen atoms in total. The molecule has 0 saturated carbocycles. The van der Waals surface area contributed by atoms with E-state index in [1.807, 2.05) is 0 Å². The minimum Gasteiger partial charge on any atom is -0.480 e. The second-order valence-corrected chi connectivity index (χ2v) is 1.24. The molecule has 0 saturated heterocycles. The van der Waals surface area contributed by atoms with Gasteiger partial charge >= 0.3 is 5.97 Å². The Balaban J connectivity index is 5.99. The predicted molar refractivity (Wildman–Crippen MR) is 38.5 cm³/mol. The lowest BCUT2D eigenvalue weighted by Crippen LogP contribution is -2.29. The molecule has 0 spiro atoms. The topological polar surface area (TPSA) is 89.3 Å². The maximum Gasteiger partial charge on any atom is 0.320 e. The van der Waals surface area contributed by atoms with E-state index >= 15 is 0 Å². The molecule has 10 heavy (non-hydrogen) atoms. The van der Waals surface area contributed by atoms with E-state index < -0.39 is 37.6 Å². The minimum atomic E-state index is -3.78. The van der Waals surface area contributed by atoms with Crippen LogP contribution in [-0.2, 0) is 4.79 Å². The summed E-state index contributed by atoms with van der Waals surface area (Å²) in [6.45, 7) is -3.32. The lowest BCUT2D eigenvalue weighted by molar-refractivity contribution is -0.138. The average molecular weight is 155 g/mol. The average Bonchev–Trinajstić information content (AvgIpc) is 2.14. The van der Waals surface area contributed by atoms with E-state index in [0.717, 1.165) is 0 Å². The monoisotopic (exact) mass is 155 g/mol. The zero-order chi connectivity index (χ0) is 16.1. The summed E-state index contributed by atoms with van der Waals surface area (Å²) in [4.78, 5) is 10.7. The SMILES string of the molecule is [2H]C([2H])(N)C([2H])([2H])C([2H])([2H])C([2H])([2H])C([2H])(N)C(=O)O. The number of hydrogen-bond donors (Lipinski definition) is 3. The van der Waals surface area contributed by atoms with E-state index in [1.54, 1.807) is 0 Å². The molecule has 0 heterocycles. The molecular weight excluding hydrogens is 132 g/mol. The van der Waals surface area contributed by atoms with Crippen molar-refractivity contribution in [3.63, 3.8) is 0 Å². The van der Waals surface area contributed by atoms with E-state index in [1.165, 1.54) is 0 Å². The second-order valence-electron chi connectivity index (χ2n) is 1.24. The van der Waals surface area contributed by atoms with Crippen molar-refractivity contribution in [1.82, 2.24) is 0 Å². The summed E-state index contributed by atoms with van der Waals surface area (Å²) in [5.41, 5.74) is 9.70. The fourth-order valence-corrected chi connectivity index (χ4v) is 0.188. The Kier molecular flexibility index (Phi) is 1.14. The van der Waals surface area contributed by atoms with Gasteiger partial charge in [-0.05, 0) is 19.2 Å². The predicted octanol–water partition coefficient (Wildman–Crippen LogP) is -0.473. The minimum absolute atomic E-state index is 2.23. The molecule has 0 amide bonds. The standard InChI is InChI=1S/C6H14N2O2/c7-4-2-1-3-5(8)6(9)10/h5H,1-4,7-8H2,(H,9,10)/i1D2,2D2,3D2,4D2,5D. The van der Waals surface area contributed by atoms with Crippen molar-refractivity contribution in [3.05, 3.63) is 0 Å². The summed E-state index contributed by atoms with van der Waals surface area (Å²) in [6.07, 6.45) is -11.2. The highest BCUT2D eigenvalue weighted by Gasteiger charge is 2.09. The number of carboxylic acid groups (broad SMARTS) is 1. The van der Waals surface area contributed by atoms with Gasteiger partial charge in [0.25, 0.3) is 0 Å². The molecule has 0 aromatic carbocycles. The van der Waals surface area contributed by atoms with Crippen LogP contribution in [0.25, 0.3) is 0 Å². The Bertz CT molecular complexity index is 375. The fraction of sp³-hybridized carbons (Fsp3) is 0.833. The summed E-state index contributed by atoms with van der Waals surface area (Å²) >= 11 is 0. The van der Waals surface area contributed by atoms with Crippen LogP contribution < -0.4 is 11.5 Å². The van der Waals surface area contributed by atoms with E-state index in [-0.39, 0.29) is 0 Å². The summed E-state index contributed by atoms with van der Waals surface area (Å²) in [5, 5.41) is 8.64. The maximum absolute atomic E-state index is 10.7. The molecule has 60 valence electrons. The first kappa shape index (κ1) is 2.19. The highest BCUT2D eigenvalue weighted by Crippen LogP contribution is 1.96. The smallest absolute Gasteiger partial charge is 0.320 e. The first-order valence-corrected chi connectivity index (χ1v) is 2.26. The third-order valence-corrected chi connectivity index (χ3v) is 0.562. The lowest BCUT2D eigenvalue weighted by atomic mass is 10.1. The Morgan fingerprint density at radius 2 is 2.40 bits per heavy atom. The highest BCUT2D eigenvalue weighted by molar-refractivity contribution is 5.72. The van der Waals surface area contributed by atoms with Gasteiger partial charge in [0.1, 0.15) is 6.02 Å². The molecule has 4 heteroatoms. The van der Waals surface area contributed by atoms with Crippen LogP contribution in [0.4, 0.5) is 0 Å². The summed E-state index contributed by atoms with van der Waals surface area (Å²) in [6, 6.07) is -3.53. The van der Waals surface area contributed by atoms with Crippen molar-refractivity contribution >= 4 is 5.97 Å². The zero-order valence-corrected chi connectivity index (χ0v) is 5.01. The van der Waals surface area contributed by atoms with Gasteiger partial charge in [-0.1, -0.05) is 6.37 Å². The summed E-state index contributed by atoms with van der Waals surface area (Å²) in [7, 11) is 0. The molecule has 0 radical (unpaired) electrons. The van der Waals surface area contributed by atoms with Crippen LogP contribution >= 0.6 is 0 Å². The molecule has 1 atom stereocenters. The fourth-order valence-electron chi connectivity index (χ4n) is 0.188. The number of carbonyl (C=O) groups is 1. The van der Waals surface area contributed by atoms with Crippen LogP contribution in [0.2, 0.25) is 0 Å². The number of carboxylic acids is 1. The van der Waals surface area contributed by atoms with Gasteiger partial charge in [-0.3, -0.25) is 4.79 Å². The van der Waals surface area contributed by atoms with Gasteiger partial charge in [-0.25, -0.2) is 0 Å². The van der Waals surface area contributed by atoms with Gasteiger partial charge in [0.15, 0.2) is 0 Å². The van der Waals surface area contributed by atoms with E-state index in [4.69, 9.17) is 28.9 Å². The molecule has 0 aromatic rings. The largest absolute Gasteiger partial charge is 0.480 e. The van der Waals surface area contributed by atoms with Crippen molar-refractivity contribution < 1.29 is 22.2 Å². The first-order valence-electron chi connectivity index (χ1n) is 6.76. The highest BCUT2D eigenvalue weighted by atomic mass is 16.4. The molecule has 0 fully saturated rings. The summed E-state index contributed by atoms with van der Waals surface area (Å²) < 4.78 is 65.1. The number of nitrogens with two attached hydrogens (primary N) is 2. The Morgan fingerprint density at radius 1 is 1.80 bits per heavy atom. The molecule has 0 aliphatic rings. The number of hydrogen-bond acceptors (Lipinski definition) is 3. The van der Waals surface area contributed by atoms with Crippen molar-refractivity contribution in [1.29, 1.82) is 0 Å². The zero-order valence-electron chi connectivity index (χ0n) is 14.0. The molecule has 0 aromatic heterocycles. The van der Waals surface area contributed by atoms with Crippen LogP contribution in [0.3, 0.4) is 0 Å². The van der Waals surface area contributed by atoms with Gasteiger partial charge in [0, 0.05) is 11.0 Å². The molecule has 0 aliphatic carbocycles. The van der Waals surface area contributed by atoms with E-state index in [0.29, 0.717) is 0 Å². The second kappa shape index (κ2) is 5.20. The van der Waals surface area contributed by atoms with E-state index in [2.05, 4.69) is 0 Å². The molecule has 0 aliphatic heterocycles. The quantitative estimate of drug-likeness (QED) is 0.500. The normalized spacial score (nSPS) is 35.2. The van der Waals surface area contributed by atoms with Crippen molar-refractivity contribution in [2.75, 3.05) is 6.50 Å². The van der Waals surface area contributed by atoms with Gasteiger partial charge < -0.3 is 16.6 Å². The van der Waals surface area contributed by atoms with Gasteiger partial charge in [-0.2, -0.15) is 0 Å². The molecular formula is C6H14N2O2. The van der Waals surface area contributed by atoms with Gasteiger partial charge in [0.2, 0.25) is 0 Å². The number of aliphatic carboxylic acids is 1. The Hall–Kier alpha value is -0.610. The van der Waals surface area contributed by atoms with Crippen LogP contribution in [0.1, 0.15) is 31.5 Å². The van der Waals surface area contributed by atoms with Gasteiger partial charge in [0.05, 0.1) is 1.37 Å². The molecule has 1 unspecified atom stereocenters. The van der Waals surface area contributed by atoms with Crippen LogP contribution in [-0.4, -0.2) is 23.6 Å². The molecule has 0 rings (SSSR count).